The van der Waals surface area contributed by atoms with Crippen LogP contribution >= 0.6 is 11.6 Å². The summed E-state index contributed by atoms with van der Waals surface area (Å²) in [6.45, 7) is 0.313. The molecular formula is C13H13ClN4O4S. The van der Waals surface area contributed by atoms with Crippen LogP contribution < -0.4 is 5.73 Å². The molecule has 1 saturated heterocycles. The molecule has 2 heterocycles. The van der Waals surface area contributed by atoms with Crippen LogP contribution in [0.5, 0.6) is 0 Å². The van der Waals surface area contributed by atoms with Crippen molar-refractivity contribution in [3.8, 4) is 0 Å². The number of hydrogen-bond acceptors (Lipinski definition) is 6. The normalized spacial score (nSPS) is 19.1. The molecule has 1 fully saturated rings. The van der Waals surface area contributed by atoms with Crippen LogP contribution in [0, 0.1) is 0 Å². The highest BCUT2D eigenvalue weighted by molar-refractivity contribution is 7.89. The van der Waals surface area contributed by atoms with Gasteiger partial charge < -0.3 is 10.3 Å². The fraction of sp³-hybridized carbons (Fsp3) is 0.308. The van der Waals surface area contributed by atoms with Crippen molar-refractivity contribution in [1.82, 2.24) is 14.4 Å². The predicted octanol–water partition coefficient (Wildman–Crippen LogP) is 1.35. The Kier molecular flexibility index (Phi) is 4.09. The van der Waals surface area contributed by atoms with Crippen molar-refractivity contribution >= 4 is 27.5 Å². The van der Waals surface area contributed by atoms with E-state index in [0.717, 1.165) is 0 Å². The van der Waals surface area contributed by atoms with Crippen molar-refractivity contribution in [1.29, 1.82) is 0 Å². The first-order valence-electron chi connectivity index (χ1n) is 6.80. The molecule has 1 atom stereocenters. The Balaban J connectivity index is 1.96. The summed E-state index contributed by atoms with van der Waals surface area (Å²) >= 11 is 5.87. The van der Waals surface area contributed by atoms with Crippen LogP contribution in [0.1, 0.15) is 35.4 Å². The van der Waals surface area contributed by atoms with Crippen LogP contribution in [-0.2, 0) is 10.0 Å². The van der Waals surface area contributed by atoms with Gasteiger partial charge >= 0.3 is 0 Å². The number of sulfonamides is 1. The van der Waals surface area contributed by atoms with Gasteiger partial charge in [-0.1, -0.05) is 22.8 Å². The van der Waals surface area contributed by atoms with Crippen LogP contribution in [-0.4, -0.2) is 35.3 Å². The van der Waals surface area contributed by atoms with E-state index < -0.39 is 22.0 Å². The molecule has 3 rings (SSSR count). The smallest absolute Gasteiger partial charge is 0.290 e. The van der Waals surface area contributed by atoms with E-state index in [-0.39, 0.29) is 16.6 Å². The van der Waals surface area contributed by atoms with Gasteiger partial charge in [0.2, 0.25) is 15.9 Å². The second-order valence-corrected chi connectivity index (χ2v) is 7.38. The summed E-state index contributed by atoms with van der Waals surface area (Å²) in [5, 5.41) is 3.79. The topological polar surface area (TPSA) is 119 Å². The molecule has 10 heteroatoms. The Labute approximate surface area is 137 Å². The van der Waals surface area contributed by atoms with E-state index in [1.165, 1.54) is 16.4 Å². The zero-order valence-corrected chi connectivity index (χ0v) is 13.4. The molecule has 1 aliphatic rings. The van der Waals surface area contributed by atoms with Crippen molar-refractivity contribution in [3.63, 3.8) is 0 Å². The Morgan fingerprint density at radius 2 is 2.22 bits per heavy atom. The van der Waals surface area contributed by atoms with Gasteiger partial charge in [-0.05, 0) is 31.0 Å². The van der Waals surface area contributed by atoms with Gasteiger partial charge in [0.1, 0.15) is 6.04 Å². The number of carbonyl (C=O) groups excluding carboxylic acids is 1. The van der Waals surface area contributed by atoms with Gasteiger partial charge in [0, 0.05) is 11.6 Å². The van der Waals surface area contributed by atoms with Crippen molar-refractivity contribution in [2.75, 3.05) is 6.54 Å². The maximum absolute atomic E-state index is 12.8. The Bertz CT molecular complexity index is 851. The van der Waals surface area contributed by atoms with Crippen LogP contribution in [0.3, 0.4) is 0 Å². The number of hydrogen-bond donors (Lipinski definition) is 1. The van der Waals surface area contributed by atoms with E-state index in [4.69, 9.17) is 21.9 Å². The lowest BCUT2D eigenvalue weighted by atomic mass is 10.2. The molecule has 1 aliphatic heterocycles. The number of primary amides is 1. The minimum atomic E-state index is -3.76. The minimum absolute atomic E-state index is 0.0573. The molecule has 0 aliphatic carbocycles. The van der Waals surface area contributed by atoms with Gasteiger partial charge in [0.05, 0.1) is 4.90 Å². The van der Waals surface area contributed by atoms with E-state index in [0.29, 0.717) is 24.4 Å². The molecule has 0 bridgehead atoms. The molecule has 2 N–H and O–H groups in total. The Morgan fingerprint density at radius 3 is 2.87 bits per heavy atom. The number of nitrogens with two attached hydrogens (primary N) is 1. The van der Waals surface area contributed by atoms with E-state index in [1.807, 2.05) is 0 Å². The molecule has 8 nitrogen and oxygen atoms in total. The van der Waals surface area contributed by atoms with Crippen LogP contribution in [0.2, 0.25) is 5.02 Å². The first-order valence-corrected chi connectivity index (χ1v) is 8.62. The maximum atomic E-state index is 12.8. The predicted molar refractivity (Wildman–Crippen MR) is 80.1 cm³/mol. The molecular weight excluding hydrogens is 344 g/mol. The SMILES string of the molecule is NC(=O)c1noc([C@H]2CCCN2S(=O)(=O)c2cccc(Cl)c2)n1. The molecule has 0 radical (unpaired) electrons. The lowest BCUT2D eigenvalue weighted by molar-refractivity contribution is 0.0987. The number of nitrogens with zero attached hydrogens (tertiary/aromatic N) is 3. The summed E-state index contributed by atoms with van der Waals surface area (Å²) in [5.74, 6) is -1.05. The van der Waals surface area contributed by atoms with Crippen molar-refractivity contribution < 1.29 is 17.7 Å². The molecule has 0 spiro atoms. The van der Waals surface area contributed by atoms with Gasteiger partial charge in [0.15, 0.2) is 0 Å². The Morgan fingerprint density at radius 1 is 1.43 bits per heavy atom. The fourth-order valence-electron chi connectivity index (χ4n) is 2.51. The highest BCUT2D eigenvalue weighted by atomic mass is 35.5. The average Bonchev–Trinajstić information content (AvgIpc) is 3.16. The second-order valence-electron chi connectivity index (χ2n) is 5.05. The van der Waals surface area contributed by atoms with E-state index in [9.17, 15) is 13.2 Å². The molecule has 1 aromatic carbocycles. The van der Waals surface area contributed by atoms with Crippen LogP contribution in [0.25, 0.3) is 0 Å². The number of benzene rings is 1. The molecule has 23 heavy (non-hydrogen) atoms. The number of aromatic nitrogens is 2. The van der Waals surface area contributed by atoms with E-state index in [1.54, 1.807) is 12.1 Å². The lowest BCUT2D eigenvalue weighted by Crippen LogP contribution is -2.31. The molecule has 0 unspecified atom stereocenters. The summed E-state index contributed by atoms with van der Waals surface area (Å²) < 4.78 is 31.9. The fourth-order valence-corrected chi connectivity index (χ4v) is 4.46. The molecule has 0 saturated carbocycles. The summed E-state index contributed by atoms with van der Waals surface area (Å²) in [5.41, 5.74) is 5.08. The third-order valence-electron chi connectivity index (χ3n) is 3.55. The van der Waals surface area contributed by atoms with Gasteiger partial charge in [-0.3, -0.25) is 4.79 Å². The number of halogens is 1. The van der Waals surface area contributed by atoms with Gasteiger partial charge in [0.25, 0.3) is 11.7 Å². The zero-order chi connectivity index (χ0) is 16.6. The third-order valence-corrected chi connectivity index (χ3v) is 5.69. The van der Waals surface area contributed by atoms with Gasteiger partial charge in [-0.2, -0.15) is 9.29 Å². The van der Waals surface area contributed by atoms with Crippen molar-refractivity contribution in [3.05, 3.63) is 41.0 Å². The molecule has 1 amide bonds. The maximum Gasteiger partial charge on any atom is 0.290 e. The van der Waals surface area contributed by atoms with Crippen molar-refractivity contribution in [2.45, 2.75) is 23.8 Å². The number of carbonyl (C=O) groups is 1. The monoisotopic (exact) mass is 356 g/mol. The standard InChI is InChI=1S/C13H13ClN4O4S/c14-8-3-1-4-9(7-8)23(20,21)18-6-2-5-10(18)13-16-12(11(15)19)17-22-13/h1,3-4,7,10H,2,5-6H2,(H2,15,19)/t10-/m1/s1. The first-order chi connectivity index (χ1) is 10.9. The van der Waals surface area contributed by atoms with E-state index in [2.05, 4.69) is 10.1 Å². The average molecular weight is 357 g/mol. The third kappa shape index (κ3) is 2.94. The summed E-state index contributed by atoms with van der Waals surface area (Å²) in [6.07, 6.45) is 1.15. The number of amides is 1. The quantitative estimate of drug-likeness (QED) is 0.882. The van der Waals surface area contributed by atoms with Crippen molar-refractivity contribution in [2.24, 2.45) is 5.73 Å². The molecule has 2 aromatic rings. The zero-order valence-electron chi connectivity index (χ0n) is 11.8. The minimum Gasteiger partial charge on any atom is -0.363 e. The summed E-state index contributed by atoms with van der Waals surface area (Å²) in [6, 6.07) is 5.39. The number of rotatable bonds is 4. The highest BCUT2D eigenvalue weighted by Gasteiger charge is 2.39. The van der Waals surface area contributed by atoms with Crippen LogP contribution in [0.15, 0.2) is 33.7 Å². The lowest BCUT2D eigenvalue weighted by Gasteiger charge is -2.21. The highest BCUT2D eigenvalue weighted by Crippen LogP contribution is 2.36. The van der Waals surface area contributed by atoms with Gasteiger partial charge in [-0.15, -0.1) is 0 Å². The summed E-state index contributed by atoms with van der Waals surface area (Å²) in [4.78, 5) is 15.0. The van der Waals surface area contributed by atoms with Gasteiger partial charge in [-0.25, -0.2) is 8.42 Å². The largest absolute Gasteiger partial charge is 0.363 e. The first kappa shape index (κ1) is 15.9. The summed E-state index contributed by atoms with van der Waals surface area (Å²) in [7, 11) is -3.76. The molecule has 122 valence electrons. The molecule has 1 aromatic heterocycles. The van der Waals surface area contributed by atoms with Crippen LogP contribution in [0.4, 0.5) is 0 Å². The second kappa shape index (κ2) is 5.91. The Hall–Kier alpha value is -1.97. The van der Waals surface area contributed by atoms with E-state index >= 15 is 0 Å².